The minimum absolute atomic E-state index is 0.0643. The molecule has 0 atom stereocenters. The summed E-state index contributed by atoms with van der Waals surface area (Å²) in [6.07, 6.45) is 0. The lowest BCUT2D eigenvalue weighted by Crippen LogP contribution is -2.31. The number of carboxylic acids is 1. The summed E-state index contributed by atoms with van der Waals surface area (Å²) in [6.45, 7) is 0.390. The topological polar surface area (TPSA) is 69.6 Å². The van der Waals surface area contributed by atoms with Crippen LogP contribution in [0, 0.1) is 5.82 Å². The molecule has 0 saturated heterocycles. The summed E-state index contributed by atoms with van der Waals surface area (Å²) in [6, 6.07) is 6.40. The maximum Gasteiger partial charge on any atom is 0.337 e. The van der Waals surface area contributed by atoms with Gasteiger partial charge in [-0.25, -0.2) is 14.0 Å². The van der Waals surface area contributed by atoms with Crippen molar-refractivity contribution in [3.63, 3.8) is 0 Å². The number of carboxylic acid groups (broad SMARTS) is 1. The normalized spacial score (nSPS) is 10.2. The number of halogens is 1. The molecule has 21 heavy (non-hydrogen) atoms. The Hall–Kier alpha value is -2.41. The minimum Gasteiger partial charge on any atom is -0.478 e. The maximum atomic E-state index is 13.2. The second kappa shape index (κ2) is 6.36. The molecule has 0 saturated carbocycles. The zero-order chi connectivity index (χ0) is 15.4. The van der Waals surface area contributed by atoms with E-state index in [9.17, 15) is 14.0 Å². The molecule has 0 fully saturated rings. The molecule has 1 heterocycles. The molecule has 0 aliphatic heterocycles. The van der Waals surface area contributed by atoms with E-state index in [4.69, 9.17) is 5.11 Å². The second-order valence-electron chi connectivity index (χ2n) is 4.36. The summed E-state index contributed by atoms with van der Waals surface area (Å²) in [5, 5.41) is 13.3. The summed E-state index contributed by atoms with van der Waals surface area (Å²) in [4.78, 5) is 25.5. The summed E-state index contributed by atoms with van der Waals surface area (Å²) in [5.74, 6) is -1.84. The average molecular weight is 308 g/mol. The lowest BCUT2D eigenvalue weighted by atomic mass is 10.2. The monoisotopic (exact) mass is 308 g/mol. The fraction of sp³-hybridized carbons (Fsp3) is 0.143. The van der Waals surface area contributed by atoms with E-state index in [1.807, 2.05) is 17.5 Å². The van der Waals surface area contributed by atoms with E-state index in [1.165, 1.54) is 16.2 Å². The predicted molar refractivity (Wildman–Crippen MR) is 78.2 cm³/mol. The van der Waals surface area contributed by atoms with Gasteiger partial charge >= 0.3 is 12.0 Å². The molecule has 0 radical (unpaired) electrons. The highest BCUT2D eigenvalue weighted by Gasteiger charge is 2.16. The van der Waals surface area contributed by atoms with E-state index < -0.39 is 17.8 Å². The molecule has 0 bridgehead atoms. The number of nitrogens with zero attached hydrogens (tertiary/aromatic N) is 1. The third-order valence-electron chi connectivity index (χ3n) is 2.77. The molecule has 1 aromatic heterocycles. The molecule has 2 amide bonds. The molecule has 2 aromatic rings. The Bertz CT molecular complexity index is 658. The Labute approximate surface area is 124 Å². The molecule has 0 spiro atoms. The van der Waals surface area contributed by atoms with Gasteiger partial charge in [0.05, 0.1) is 17.8 Å². The fourth-order valence-electron chi connectivity index (χ4n) is 1.73. The Morgan fingerprint density at radius 2 is 2.14 bits per heavy atom. The maximum absolute atomic E-state index is 13.2. The molecule has 0 aliphatic rings. The number of benzene rings is 1. The molecule has 2 rings (SSSR count). The highest BCUT2D eigenvalue weighted by molar-refractivity contribution is 7.09. The van der Waals surface area contributed by atoms with Crippen LogP contribution in [0.4, 0.5) is 14.9 Å². The van der Waals surface area contributed by atoms with Crippen LogP contribution in [0.1, 0.15) is 15.2 Å². The number of hydrogen-bond donors (Lipinski definition) is 2. The van der Waals surface area contributed by atoms with Crippen LogP contribution in [0.15, 0.2) is 35.7 Å². The van der Waals surface area contributed by atoms with Crippen molar-refractivity contribution in [2.75, 3.05) is 12.4 Å². The first-order valence-corrected chi connectivity index (χ1v) is 6.92. The van der Waals surface area contributed by atoms with Crippen molar-refractivity contribution in [1.29, 1.82) is 0 Å². The van der Waals surface area contributed by atoms with E-state index in [0.717, 1.165) is 23.1 Å². The van der Waals surface area contributed by atoms with Crippen molar-refractivity contribution in [2.24, 2.45) is 0 Å². The zero-order valence-corrected chi connectivity index (χ0v) is 12.0. The van der Waals surface area contributed by atoms with Crippen LogP contribution in [0.3, 0.4) is 0 Å². The number of urea groups is 1. The van der Waals surface area contributed by atoms with Gasteiger partial charge in [0.2, 0.25) is 0 Å². The van der Waals surface area contributed by atoms with Crippen LogP contribution in [0.2, 0.25) is 0 Å². The van der Waals surface area contributed by atoms with E-state index in [0.29, 0.717) is 6.54 Å². The van der Waals surface area contributed by atoms with E-state index in [-0.39, 0.29) is 11.3 Å². The van der Waals surface area contributed by atoms with Crippen LogP contribution in [0.5, 0.6) is 0 Å². The molecule has 0 unspecified atom stereocenters. The number of aromatic carboxylic acids is 1. The zero-order valence-electron chi connectivity index (χ0n) is 11.2. The standard InChI is InChI=1S/C14H13FN2O3S/c1-17(8-10-3-2-6-21-10)14(20)16-12-7-9(15)4-5-11(12)13(18)19/h2-7H,8H2,1H3,(H,16,20)(H,18,19). The minimum atomic E-state index is -1.23. The van der Waals surface area contributed by atoms with Crippen LogP contribution in [0.25, 0.3) is 0 Å². The van der Waals surface area contributed by atoms with Crippen molar-refractivity contribution in [1.82, 2.24) is 4.90 Å². The number of carbonyl (C=O) groups is 2. The Morgan fingerprint density at radius 3 is 2.76 bits per heavy atom. The fourth-order valence-corrected chi connectivity index (χ4v) is 2.48. The van der Waals surface area contributed by atoms with Gasteiger partial charge < -0.3 is 15.3 Å². The van der Waals surface area contributed by atoms with Crippen molar-refractivity contribution < 1.29 is 19.1 Å². The number of anilines is 1. The molecular weight excluding hydrogens is 295 g/mol. The van der Waals surface area contributed by atoms with Crippen molar-refractivity contribution in [3.8, 4) is 0 Å². The predicted octanol–water partition coefficient (Wildman–Crippen LogP) is 3.25. The molecule has 0 aliphatic carbocycles. The van der Waals surface area contributed by atoms with Crippen molar-refractivity contribution >= 4 is 29.0 Å². The molecule has 110 valence electrons. The number of carbonyl (C=O) groups excluding carboxylic acids is 1. The van der Waals surface area contributed by atoms with Crippen molar-refractivity contribution in [2.45, 2.75) is 6.54 Å². The van der Waals surface area contributed by atoms with Crippen molar-refractivity contribution in [3.05, 3.63) is 52.0 Å². The first-order chi connectivity index (χ1) is 9.97. The highest BCUT2D eigenvalue weighted by Crippen LogP contribution is 2.18. The van der Waals surface area contributed by atoms with E-state index >= 15 is 0 Å². The number of rotatable bonds is 4. The highest BCUT2D eigenvalue weighted by atomic mass is 32.1. The lowest BCUT2D eigenvalue weighted by Gasteiger charge is -2.18. The Morgan fingerprint density at radius 1 is 1.38 bits per heavy atom. The molecular formula is C14H13FN2O3S. The second-order valence-corrected chi connectivity index (χ2v) is 5.39. The molecule has 5 nitrogen and oxygen atoms in total. The third-order valence-corrected chi connectivity index (χ3v) is 3.63. The van der Waals surface area contributed by atoms with Crippen LogP contribution >= 0.6 is 11.3 Å². The summed E-state index contributed by atoms with van der Waals surface area (Å²) < 4.78 is 13.2. The lowest BCUT2D eigenvalue weighted by molar-refractivity contribution is 0.0698. The van der Waals surface area contributed by atoms with E-state index in [2.05, 4.69) is 5.32 Å². The third kappa shape index (κ3) is 3.79. The smallest absolute Gasteiger partial charge is 0.337 e. The van der Waals surface area contributed by atoms with Gasteiger partial charge in [0.25, 0.3) is 0 Å². The number of amides is 2. The number of hydrogen-bond acceptors (Lipinski definition) is 3. The van der Waals surface area contributed by atoms with Gasteiger partial charge in [0.15, 0.2) is 0 Å². The first-order valence-electron chi connectivity index (χ1n) is 6.04. The van der Waals surface area contributed by atoms with Gasteiger partial charge in [-0.2, -0.15) is 0 Å². The van der Waals surface area contributed by atoms with Crippen LogP contribution in [-0.4, -0.2) is 29.1 Å². The number of nitrogens with one attached hydrogen (secondary N) is 1. The summed E-state index contributed by atoms with van der Waals surface area (Å²) in [5.41, 5.74) is -0.222. The summed E-state index contributed by atoms with van der Waals surface area (Å²) in [7, 11) is 1.58. The van der Waals surface area contributed by atoms with Gasteiger partial charge in [-0.15, -0.1) is 11.3 Å². The molecule has 1 aromatic carbocycles. The Kier molecular flexibility index (Phi) is 4.54. The van der Waals surface area contributed by atoms with Gasteiger partial charge in [0, 0.05) is 11.9 Å². The van der Waals surface area contributed by atoms with Gasteiger partial charge in [-0.3, -0.25) is 0 Å². The average Bonchev–Trinajstić information content (AvgIpc) is 2.91. The first kappa shape index (κ1) is 15.0. The van der Waals surface area contributed by atoms with Crippen LogP contribution in [-0.2, 0) is 6.54 Å². The van der Waals surface area contributed by atoms with Gasteiger partial charge in [0.1, 0.15) is 5.82 Å². The number of thiophene rings is 1. The van der Waals surface area contributed by atoms with Gasteiger partial charge in [-0.1, -0.05) is 6.07 Å². The Balaban J connectivity index is 2.11. The van der Waals surface area contributed by atoms with Crippen LogP contribution < -0.4 is 5.32 Å². The molecule has 7 heteroatoms. The summed E-state index contributed by atoms with van der Waals surface area (Å²) >= 11 is 1.51. The van der Waals surface area contributed by atoms with E-state index in [1.54, 1.807) is 7.05 Å². The quantitative estimate of drug-likeness (QED) is 0.911. The van der Waals surface area contributed by atoms with Gasteiger partial charge in [-0.05, 0) is 29.6 Å². The SMILES string of the molecule is CN(Cc1cccs1)C(=O)Nc1cc(F)ccc1C(=O)O. The molecule has 2 N–H and O–H groups in total. The largest absolute Gasteiger partial charge is 0.478 e.